The predicted molar refractivity (Wildman–Crippen MR) is 120 cm³/mol. The van der Waals surface area contributed by atoms with Crippen LogP contribution in [-0.4, -0.2) is 59.2 Å². The van der Waals surface area contributed by atoms with Crippen LogP contribution in [0.3, 0.4) is 0 Å². The number of benzene rings is 2. The zero-order valence-corrected chi connectivity index (χ0v) is 18.7. The largest absolute Gasteiger partial charge is 0.394 e. The summed E-state index contributed by atoms with van der Waals surface area (Å²) in [5.41, 5.74) is 4.18. The number of methoxy groups -OCH3 is 1. The second kappa shape index (κ2) is 10.2. The zero-order valence-electron chi connectivity index (χ0n) is 18.0. The van der Waals surface area contributed by atoms with Gasteiger partial charge in [-0.25, -0.2) is 0 Å². The fourth-order valence-corrected chi connectivity index (χ4v) is 4.07. The predicted octanol–water partition coefficient (Wildman–Crippen LogP) is 3.12. The Hall–Kier alpha value is -1.80. The lowest BCUT2D eigenvalue weighted by atomic mass is 9.90. The monoisotopic (exact) mass is 447 g/mol. The molecular weight excluding hydrogens is 418 g/mol. The molecule has 3 rings (SSSR count). The molecule has 0 saturated carbocycles. The van der Waals surface area contributed by atoms with Crippen molar-refractivity contribution in [2.45, 2.75) is 50.8 Å². The second-order valence-corrected chi connectivity index (χ2v) is 8.66. The summed E-state index contributed by atoms with van der Waals surface area (Å²) < 4.78 is 11.3. The van der Waals surface area contributed by atoms with E-state index in [0.29, 0.717) is 17.2 Å². The van der Waals surface area contributed by atoms with Crippen molar-refractivity contribution in [3.05, 3.63) is 69.7 Å². The molecule has 0 bridgehead atoms. The molecule has 1 fully saturated rings. The molecule has 0 aliphatic carbocycles. The minimum atomic E-state index is -1.24. The summed E-state index contributed by atoms with van der Waals surface area (Å²) in [6.45, 7) is 3.59. The lowest BCUT2D eigenvalue weighted by molar-refractivity contribution is -0.238. The highest BCUT2D eigenvalue weighted by Crippen LogP contribution is 2.35. The van der Waals surface area contributed by atoms with Crippen LogP contribution >= 0.6 is 11.6 Å². The third-order valence-electron chi connectivity index (χ3n) is 5.77. The number of halogens is 1. The summed E-state index contributed by atoms with van der Waals surface area (Å²) in [6, 6.07) is 13.4. The fraction of sp³-hybridized carbons (Fsp3) is 0.458. The van der Waals surface area contributed by atoms with E-state index in [2.05, 4.69) is 0 Å². The molecule has 2 aromatic rings. The van der Waals surface area contributed by atoms with Crippen LogP contribution in [0.15, 0.2) is 42.5 Å². The van der Waals surface area contributed by atoms with Crippen LogP contribution in [0.5, 0.6) is 0 Å². The van der Waals surface area contributed by atoms with Crippen molar-refractivity contribution < 1.29 is 24.8 Å². The standard InChI is InChI=1S/C24H30ClNO5/c1-13(2)20(26)15-6-4-14(5-7-15)10-17-11-16(8-9-18(17)25)23-24(30-3)22(29)21(28)19(12-27)31-23/h4-9,11,13,19,21-24,26-29H,10,12H2,1-3H3/t19-,21-,22+,23+,24-/m1/s1. The summed E-state index contributed by atoms with van der Waals surface area (Å²) in [7, 11) is 1.45. The first-order valence-corrected chi connectivity index (χ1v) is 10.8. The number of nitrogens with one attached hydrogen (secondary N) is 1. The summed E-state index contributed by atoms with van der Waals surface area (Å²) >= 11 is 6.45. The highest BCUT2D eigenvalue weighted by atomic mass is 35.5. The Labute approximate surface area is 187 Å². The molecule has 0 radical (unpaired) electrons. The first-order chi connectivity index (χ1) is 14.8. The minimum Gasteiger partial charge on any atom is -0.394 e. The number of aliphatic hydroxyl groups is 3. The van der Waals surface area contributed by atoms with E-state index in [1.807, 2.05) is 44.2 Å². The Balaban J connectivity index is 1.85. The molecule has 1 heterocycles. The maximum atomic E-state index is 10.4. The van der Waals surface area contributed by atoms with Gasteiger partial charge in [0, 0.05) is 17.8 Å². The molecule has 168 valence electrons. The van der Waals surface area contributed by atoms with Gasteiger partial charge in [-0.2, -0.15) is 0 Å². The number of hydrogen-bond donors (Lipinski definition) is 4. The molecule has 1 aliphatic rings. The smallest absolute Gasteiger partial charge is 0.116 e. The van der Waals surface area contributed by atoms with Gasteiger partial charge < -0.3 is 30.2 Å². The zero-order chi connectivity index (χ0) is 22.7. The molecule has 0 unspecified atom stereocenters. The number of hydrogen-bond acceptors (Lipinski definition) is 6. The van der Waals surface area contributed by atoms with Gasteiger partial charge in [0.25, 0.3) is 0 Å². The maximum absolute atomic E-state index is 10.4. The first kappa shape index (κ1) is 23.9. The van der Waals surface area contributed by atoms with Crippen LogP contribution in [0.4, 0.5) is 0 Å². The lowest BCUT2D eigenvalue weighted by Crippen LogP contribution is -2.55. The van der Waals surface area contributed by atoms with Crippen LogP contribution < -0.4 is 0 Å². The van der Waals surface area contributed by atoms with E-state index < -0.39 is 37.1 Å². The van der Waals surface area contributed by atoms with Crippen LogP contribution in [0.1, 0.15) is 42.2 Å². The van der Waals surface area contributed by atoms with Gasteiger partial charge in [0.2, 0.25) is 0 Å². The van der Waals surface area contributed by atoms with E-state index in [4.69, 9.17) is 26.5 Å². The van der Waals surface area contributed by atoms with Crippen molar-refractivity contribution in [1.82, 2.24) is 0 Å². The van der Waals surface area contributed by atoms with Crippen molar-refractivity contribution in [1.29, 1.82) is 5.41 Å². The van der Waals surface area contributed by atoms with Crippen LogP contribution in [0.25, 0.3) is 0 Å². The summed E-state index contributed by atoms with van der Waals surface area (Å²) in [4.78, 5) is 0. The molecule has 4 N–H and O–H groups in total. The average molecular weight is 448 g/mol. The number of rotatable bonds is 7. The van der Waals surface area contributed by atoms with Gasteiger partial charge in [-0.15, -0.1) is 0 Å². The first-order valence-electron chi connectivity index (χ1n) is 10.4. The summed E-state index contributed by atoms with van der Waals surface area (Å²) in [6.07, 6.45) is -4.20. The Kier molecular flexibility index (Phi) is 7.86. The van der Waals surface area contributed by atoms with Crippen molar-refractivity contribution in [3.63, 3.8) is 0 Å². The molecule has 7 heteroatoms. The van der Waals surface area contributed by atoms with Gasteiger partial charge in [-0.3, -0.25) is 0 Å². The number of ether oxygens (including phenoxy) is 2. The maximum Gasteiger partial charge on any atom is 0.116 e. The molecule has 31 heavy (non-hydrogen) atoms. The SMILES string of the molecule is CO[C@@H]1[C@@H](O)[C@H](O)[C@@H](CO)O[C@H]1c1ccc(Cl)c(Cc2ccc(C(=N)C(C)C)cc2)c1. The highest BCUT2D eigenvalue weighted by Gasteiger charge is 2.45. The Morgan fingerprint density at radius 1 is 1.13 bits per heavy atom. The topological polar surface area (TPSA) is 103 Å². The Morgan fingerprint density at radius 2 is 1.81 bits per heavy atom. The summed E-state index contributed by atoms with van der Waals surface area (Å²) in [5.74, 6) is 0.165. The van der Waals surface area contributed by atoms with Crippen molar-refractivity contribution >= 4 is 17.3 Å². The molecule has 6 nitrogen and oxygen atoms in total. The minimum absolute atomic E-state index is 0.165. The Morgan fingerprint density at radius 3 is 2.39 bits per heavy atom. The molecule has 2 aromatic carbocycles. The van der Waals surface area contributed by atoms with Crippen LogP contribution in [0, 0.1) is 11.3 Å². The van der Waals surface area contributed by atoms with E-state index in [1.165, 1.54) is 7.11 Å². The molecule has 0 aromatic heterocycles. The lowest BCUT2D eigenvalue weighted by Gasteiger charge is -2.42. The second-order valence-electron chi connectivity index (χ2n) is 8.25. The molecule has 5 atom stereocenters. The van der Waals surface area contributed by atoms with Gasteiger partial charge in [0.05, 0.1) is 6.61 Å². The molecule has 1 aliphatic heterocycles. The van der Waals surface area contributed by atoms with E-state index in [1.54, 1.807) is 12.1 Å². The van der Waals surface area contributed by atoms with E-state index in [-0.39, 0.29) is 5.92 Å². The van der Waals surface area contributed by atoms with Crippen molar-refractivity contribution in [2.24, 2.45) is 5.92 Å². The molecule has 1 saturated heterocycles. The fourth-order valence-electron chi connectivity index (χ4n) is 3.88. The third-order valence-corrected chi connectivity index (χ3v) is 6.14. The number of aliphatic hydroxyl groups excluding tert-OH is 3. The Bertz CT molecular complexity index is 901. The van der Waals surface area contributed by atoms with Gasteiger partial charge in [0.1, 0.15) is 30.5 Å². The van der Waals surface area contributed by atoms with Crippen LogP contribution in [-0.2, 0) is 15.9 Å². The van der Waals surface area contributed by atoms with Gasteiger partial charge in [0.15, 0.2) is 0 Å². The molecule has 0 amide bonds. The van der Waals surface area contributed by atoms with E-state index in [0.717, 1.165) is 22.3 Å². The quantitative estimate of drug-likeness (QED) is 0.488. The van der Waals surface area contributed by atoms with E-state index in [9.17, 15) is 15.3 Å². The summed E-state index contributed by atoms with van der Waals surface area (Å²) in [5, 5.41) is 38.8. The third kappa shape index (κ3) is 5.17. The van der Waals surface area contributed by atoms with Gasteiger partial charge >= 0.3 is 0 Å². The van der Waals surface area contributed by atoms with Gasteiger partial charge in [-0.05, 0) is 40.7 Å². The molecular formula is C24H30ClNO5. The van der Waals surface area contributed by atoms with Crippen molar-refractivity contribution in [3.8, 4) is 0 Å². The van der Waals surface area contributed by atoms with E-state index >= 15 is 0 Å². The highest BCUT2D eigenvalue weighted by molar-refractivity contribution is 6.31. The average Bonchev–Trinajstić information content (AvgIpc) is 2.77. The molecule has 0 spiro atoms. The van der Waals surface area contributed by atoms with Crippen molar-refractivity contribution in [2.75, 3.05) is 13.7 Å². The normalized spacial score (nSPS) is 26.3. The van der Waals surface area contributed by atoms with Crippen LogP contribution in [0.2, 0.25) is 5.02 Å². The van der Waals surface area contributed by atoms with Gasteiger partial charge in [-0.1, -0.05) is 61.8 Å².